The van der Waals surface area contributed by atoms with E-state index in [1.54, 1.807) is 11.8 Å². The Labute approximate surface area is 163 Å². The van der Waals surface area contributed by atoms with Crippen molar-refractivity contribution in [2.75, 3.05) is 18.1 Å². The lowest BCUT2D eigenvalue weighted by molar-refractivity contribution is -0.137. The van der Waals surface area contributed by atoms with Crippen molar-refractivity contribution in [3.63, 3.8) is 0 Å². The first-order valence-electron chi connectivity index (χ1n) is 8.26. The molecule has 0 amide bonds. The third-order valence-corrected chi connectivity index (χ3v) is 5.54. The Morgan fingerprint density at radius 1 is 1.19 bits per heavy atom. The zero-order valence-electron chi connectivity index (χ0n) is 14.3. The molecule has 1 N–H and O–H groups in total. The van der Waals surface area contributed by atoms with E-state index in [0.29, 0.717) is 24.5 Å². The van der Waals surface area contributed by atoms with Crippen LogP contribution < -0.4 is 5.32 Å². The summed E-state index contributed by atoms with van der Waals surface area (Å²) in [6, 6.07) is 11.5. The van der Waals surface area contributed by atoms with Gasteiger partial charge in [-0.2, -0.15) is 18.3 Å². The maximum absolute atomic E-state index is 13.6. The number of anilines is 1. The Morgan fingerprint density at radius 2 is 1.96 bits per heavy atom. The fourth-order valence-electron chi connectivity index (χ4n) is 3.33. The molecule has 3 aromatic rings. The summed E-state index contributed by atoms with van der Waals surface area (Å²) >= 11 is 7.40. The van der Waals surface area contributed by atoms with E-state index in [1.165, 1.54) is 16.8 Å². The van der Waals surface area contributed by atoms with Crippen LogP contribution in [-0.4, -0.2) is 22.6 Å². The van der Waals surface area contributed by atoms with Gasteiger partial charge in [-0.15, -0.1) is 11.8 Å². The van der Waals surface area contributed by atoms with Crippen LogP contribution in [0.5, 0.6) is 0 Å². The molecule has 1 aliphatic heterocycles. The largest absolute Gasteiger partial charge is 0.418 e. The molecule has 0 radical (unpaired) electrons. The first kappa shape index (κ1) is 18.3. The Bertz CT molecular complexity index is 1010. The molecular weight excluding hydrogens is 395 g/mol. The molecule has 1 aromatic heterocycles. The Hall–Kier alpha value is -2.12. The standard InChI is InChI=1S/C19H15ClF3N3S/c1-27-16-5-3-2-4-12(16)17-13-8-9-24-18(13)26(25-17)15-7-6-11(20)10-14(15)19(21,22)23/h2-7,10,24H,8-9H2,1H3. The van der Waals surface area contributed by atoms with Gasteiger partial charge < -0.3 is 5.32 Å². The molecule has 27 heavy (non-hydrogen) atoms. The van der Waals surface area contributed by atoms with Gasteiger partial charge in [-0.1, -0.05) is 29.8 Å². The van der Waals surface area contributed by atoms with Crippen molar-refractivity contribution in [2.45, 2.75) is 17.5 Å². The SMILES string of the molecule is CSc1ccccc1-c1nn(-c2ccc(Cl)cc2C(F)(F)F)c2c1CCN2. The number of aromatic nitrogens is 2. The molecule has 0 bridgehead atoms. The van der Waals surface area contributed by atoms with Gasteiger partial charge in [0.2, 0.25) is 0 Å². The van der Waals surface area contributed by atoms with Crippen LogP contribution in [0.2, 0.25) is 5.02 Å². The number of benzene rings is 2. The van der Waals surface area contributed by atoms with Crippen molar-refractivity contribution in [3.8, 4) is 16.9 Å². The molecule has 8 heteroatoms. The zero-order chi connectivity index (χ0) is 19.2. The number of halogens is 4. The summed E-state index contributed by atoms with van der Waals surface area (Å²) in [6.45, 7) is 0.663. The van der Waals surface area contributed by atoms with Gasteiger partial charge in [0.05, 0.1) is 16.9 Å². The summed E-state index contributed by atoms with van der Waals surface area (Å²) in [5, 5.41) is 7.80. The molecule has 140 valence electrons. The van der Waals surface area contributed by atoms with Gasteiger partial charge in [-0.05, 0) is 36.9 Å². The highest BCUT2D eigenvalue weighted by atomic mass is 35.5. The summed E-state index contributed by atoms with van der Waals surface area (Å²) in [5.74, 6) is 0.605. The van der Waals surface area contributed by atoms with E-state index in [9.17, 15) is 13.2 Å². The normalized spacial score (nSPS) is 13.5. The molecule has 2 heterocycles. The minimum atomic E-state index is -4.53. The lowest BCUT2D eigenvalue weighted by Gasteiger charge is -2.15. The summed E-state index contributed by atoms with van der Waals surface area (Å²) in [6.07, 6.45) is -1.85. The fourth-order valence-corrected chi connectivity index (χ4v) is 4.10. The number of hydrogen-bond donors (Lipinski definition) is 1. The molecule has 0 unspecified atom stereocenters. The van der Waals surface area contributed by atoms with Crippen LogP contribution >= 0.6 is 23.4 Å². The molecule has 0 aliphatic carbocycles. The Balaban J connectivity index is 1.95. The van der Waals surface area contributed by atoms with Crippen LogP contribution in [0.1, 0.15) is 11.1 Å². The lowest BCUT2D eigenvalue weighted by atomic mass is 10.1. The molecule has 4 rings (SSSR count). The predicted octanol–water partition coefficient (Wildman–Crippen LogP) is 5.90. The van der Waals surface area contributed by atoms with E-state index in [4.69, 9.17) is 11.6 Å². The van der Waals surface area contributed by atoms with Gasteiger partial charge >= 0.3 is 6.18 Å². The topological polar surface area (TPSA) is 29.9 Å². The van der Waals surface area contributed by atoms with Crippen LogP contribution in [-0.2, 0) is 12.6 Å². The highest BCUT2D eigenvalue weighted by Gasteiger charge is 2.36. The second kappa shape index (κ2) is 6.80. The number of alkyl halides is 3. The average Bonchev–Trinajstić information content (AvgIpc) is 3.24. The Kier molecular flexibility index (Phi) is 4.60. The monoisotopic (exact) mass is 409 g/mol. The van der Waals surface area contributed by atoms with Crippen molar-refractivity contribution >= 4 is 29.2 Å². The third kappa shape index (κ3) is 3.19. The van der Waals surface area contributed by atoms with Crippen molar-refractivity contribution < 1.29 is 13.2 Å². The van der Waals surface area contributed by atoms with Crippen LogP contribution in [0.25, 0.3) is 16.9 Å². The maximum Gasteiger partial charge on any atom is 0.418 e. The minimum absolute atomic E-state index is 0.0366. The van der Waals surface area contributed by atoms with Gasteiger partial charge in [-0.25, -0.2) is 4.68 Å². The number of thioether (sulfide) groups is 1. The molecule has 0 spiro atoms. The lowest BCUT2D eigenvalue weighted by Crippen LogP contribution is -2.13. The molecule has 0 saturated carbocycles. The van der Waals surface area contributed by atoms with E-state index in [0.717, 1.165) is 22.1 Å². The number of fused-ring (bicyclic) bond motifs is 1. The van der Waals surface area contributed by atoms with E-state index < -0.39 is 11.7 Å². The van der Waals surface area contributed by atoms with E-state index in [2.05, 4.69) is 10.4 Å². The van der Waals surface area contributed by atoms with E-state index in [1.807, 2.05) is 30.5 Å². The molecule has 3 nitrogen and oxygen atoms in total. The quantitative estimate of drug-likeness (QED) is 0.546. The van der Waals surface area contributed by atoms with Gasteiger partial charge in [0.15, 0.2) is 0 Å². The second-order valence-corrected chi connectivity index (χ2v) is 7.41. The zero-order valence-corrected chi connectivity index (χ0v) is 15.8. The number of nitrogens with zero attached hydrogens (tertiary/aromatic N) is 2. The van der Waals surface area contributed by atoms with E-state index >= 15 is 0 Å². The summed E-state index contributed by atoms with van der Waals surface area (Å²) in [7, 11) is 0. The summed E-state index contributed by atoms with van der Waals surface area (Å²) in [4.78, 5) is 1.03. The third-order valence-electron chi connectivity index (χ3n) is 4.51. The van der Waals surface area contributed by atoms with Crippen molar-refractivity contribution in [2.24, 2.45) is 0 Å². The molecule has 0 fully saturated rings. The molecular formula is C19H15ClF3N3S. The van der Waals surface area contributed by atoms with Crippen molar-refractivity contribution in [1.82, 2.24) is 9.78 Å². The minimum Gasteiger partial charge on any atom is -0.369 e. The highest BCUT2D eigenvalue weighted by Crippen LogP contribution is 2.41. The first-order chi connectivity index (χ1) is 12.9. The number of hydrogen-bond acceptors (Lipinski definition) is 3. The van der Waals surface area contributed by atoms with Gasteiger partial charge in [0.1, 0.15) is 5.82 Å². The molecule has 2 aromatic carbocycles. The van der Waals surface area contributed by atoms with Crippen molar-refractivity contribution in [3.05, 3.63) is 58.6 Å². The second-order valence-electron chi connectivity index (χ2n) is 6.12. The number of rotatable bonds is 3. The molecule has 0 atom stereocenters. The average molecular weight is 410 g/mol. The van der Waals surface area contributed by atoms with Gasteiger partial charge in [0, 0.05) is 27.6 Å². The molecule has 1 aliphatic rings. The van der Waals surface area contributed by atoms with Crippen LogP contribution in [0.15, 0.2) is 47.4 Å². The predicted molar refractivity (Wildman–Crippen MR) is 103 cm³/mol. The maximum atomic E-state index is 13.6. The van der Waals surface area contributed by atoms with E-state index in [-0.39, 0.29) is 10.7 Å². The first-order valence-corrected chi connectivity index (χ1v) is 9.86. The number of nitrogens with one attached hydrogen (secondary N) is 1. The van der Waals surface area contributed by atoms with Crippen LogP contribution in [0.3, 0.4) is 0 Å². The van der Waals surface area contributed by atoms with Crippen molar-refractivity contribution in [1.29, 1.82) is 0 Å². The summed E-state index contributed by atoms with van der Waals surface area (Å²) < 4.78 is 42.1. The molecule has 0 saturated heterocycles. The smallest absolute Gasteiger partial charge is 0.369 e. The Morgan fingerprint density at radius 3 is 2.70 bits per heavy atom. The summed E-state index contributed by atoms with van der Waals surface area (Å²) in [5.41, 5.74) is 1.72. The highest BCUT2D eigenvalue weighted by molar-refractivity contribution is 7.98. The van der Waals surface area contributed by atoms with Gasteiger partial charge in [-0.3, -0.25) is 0 Å². The fraction of sp³-hybridized carbons (Fsp3) is 0.211. The van der Waals surface area contributed by atoms with Gasteiger partial charge in [0.25, 0.3) is 0 Å². The van der Waals surface area contributed by atoms with Crippen LogP contribution in [0, 0.1) is 0 Å². The van der Waals surface area contributed by atoms with Crippen LogP contribution in [0.4, 0.5) is 19.0 Å².